The normalized spacial score (nSPS) is 21.4. The number of benzene rings is 1. The van der Waals surface area contributed by atoms with Gasteiger partial charge in [-0.05, 0) is 18.4 Å². The minimum absolute atomic E-state index is 0. The highest BCUT2D eigenvalue weighted by Crippen LogP contribution is 2.36. The molecule has 0 radical (unpaired) electrons. The van der Waals surface area contributed by atoms with E-state index in [-0.39, 0.29) is 23.7 Å². The first kappa shape index (κ1) is 16.3. The Bertz CT molecular complexity index is 455. The Hall–Kier alpha value is -1.10. The van der Waals surface area contributed by atoms with Crippen molar-refractivity contribution in [2.24, 2.45) is 0 Å². The van der Waals surface area contributed by atoms with Gasteiger partial charge in [-0.2, -0.15) is 0 Å². The number of hydrogen-bond acceptors (Lipinski definition) is 3. The van der Waals surface area contributed by atoms with Crippen molar-refractivity contribution in [3.05, 3.63) is 35.9 Å². The molecule has 5 heteroatoms. The van der Waals surface area contributed by atoms with Crippen LogP contribution < -0.4 is 5.32 Å². The molecule has 116 valence electrons. The number of halogens is 1. The highest BCUT2D eigenvalue weighted by Gasteiger charge is 2.44. The standard InChI is InChI=1S/C16H22N2O2.ClH/c19-15(18-10-8-17-9-11-18)16(6-12-20-13-7-16)14-4-2-1-3-5-14;/h1-5,17H,6-13H2;1H. The van der Waals surface area contributed by atoms with Crippen LogP contribution in [0.15, 0.2) is 30.3 Å². The van der Waals surface area contributed by atoms with Gasteiger partial charge in [0.1, 0.15) is 0 Å². The number of rotatable bonds is 2. The number of nitrogens with one attached hydrogen (secondary N) is 1. The zero-order valence-corrected chi connectivity index (χ0v) is 13.0. The van der Waals surface area contributed by atoms with Crippen molar-refractivity contribution in [1.82, 2.24) is 10.2 Å². The molecule has 0 atom stereocenters. The van der Waals surface area contributed by atoms with Crippen LogP contribution in [0.1, 0.15) is 18.4 Å². The Labute approximate surface area is 132 Å². The van der Waals surface area contributed by atoms with E-state index in [4.69, 9.17) is 4.74 Å². The maximum atomic E-state index is 13.1. The molecule has 4 nitrogen and oxygen atoms in total. The Morgan fingerprint density at radius 3 is 2.33 bits per heavy atom. The number of hydrogen-bond donors (Lipinski definition) is 1. The molecule has 2 saturated heterocycles. The summed E-state index contributed by atoms with van der Waals surface area (Å²) in [5, 5.41) is 3.31. The number of carbonyl (C=O) groups is 1. The highest BCUT2D eigenvalue weighted by atomic mass is 35.5. The minimum atomic E-state index is -0.378. The van der Waals surface area contributed by atoms with Crippen LogP contribution in [-0.4, -0.2) is 50.2 Å². The highest BCUT2D eigenvalue weighted by molar-refractivity contribution is 5.88. The quantitative estimate of drug-likeness (QED) is 0.902. The summed E-state index contributed by atoms with van der Waals surface area (Å²) < 4.78 is 5.50. The zero-order chi connectivity index (χ0) is 13.8. The molecule has 1 aromatic rings. The van der Waals surface area contributed by atoms with Crippen molar-refractivity contribution in [2.75, 3.05) is 39.4 Å². The molecule has 2 aliphatic heterocycles. The van der Waals surface area contributed by atoms with Gasteiger partial charge in [0.15, 0.2) is 0 Å². The van der Waals surface area contributed by atoms with Crippen LogP contribution in [0, 0.1) is 0 Å². The number of ether oxygens (including phenoxy) is 1. The lowest BCUT2D eigenvalue weighted by molar-refractivity contribution is -0.142. The maximum Gasteiger partial charge on any atom is 0.233 e. The van der Waals surface area contributed by atoms with Gasteiger partial charge < -0.3 is 15.0 Å². The Morgan fingerprint density at radius 2 is 1.71 bits per heavy atom. The van der Waals surface area contributed by atoms with Crippen LogP contribution in [-0.2, 0) is 14.9 Å². The second-order valence-corrected chi connectivity index (χ2v) is 5.60. The van der Waals surface area contributed by atoms with Crippen molar-refractivity contribution < 1.29 is 9.53 Å². The summed E-state index contributed by atoms with van der Waals surface area (Å²) >= 11 is 0. The summed E-state index contributed by atoms with van der Waals surface area (Å²) in [6.07, 6.45) is 1.58. The molecule has 0 spiro atoms. The topological polar surface area (TPSA) is 41.6 Å². The van der Waals surface area contributed by atoms with Gasteiger partial charge in [0.2, 0.25) is 5.91 Å². The SMILES string of the molecule is Cl.O=C(N1CCNCC1)C1(c2ccccc2)CCOCC1. The van der Waals surface area contributed by atoms with Crippen LogP contribution >= 0.6 is 12.4 Å². The van der Waals surface area contributed by atoms with Crippen LogP contribution in [0.2, 0.25) is 0 Å². The fourth-order valence-electron chi connectivity index (χ4n) is 3.27. The van der Waals surface area contributed by atoms with Crippen molar-refractivity contribution in [3.8, 4) is 0 Å². The first-order valence-corrected chi connectivity index (χ1v) is 7.46. The average Bonchev–Trinajstić information content (AvgIpc) is 2.56. The second kappa shape index (κ2) is 7.25. The molecule has 2 heterocycles. The predicted molar refractivity (Wildman–Crippen MR) is 84.9 cm³/mol. The summed E-state index contributed by atoms with van der Waals surface area (Å²) in [4.78, 5) is 15.1. The number of carbonyl (C=O) groups excluding carboxylic acids is 1. The fourth-order valence-corrected chi connectivity index (χ4v) is 3.27. The molecule has 0 aliphatic carbocycles. The van der Waals surface area contributed by atoms with E-state index >= 15 is 0 Å². The summed E-state index contributed by atoms with van der Waals surface area (Å²) in [7, 11) is 0. The van der Waals surface area contributed by atoms with Gasteiger partial charge in [-0.1, -0.05) is 30.3 Å². The first-order valence-electron chi connectivity index (χ1n) is 7.46. The largest absolute Gasteiger partial charge is 0.381 e. The number of nitrogens with zero attached hydrogens (tertiary/aromatic N) is 1. The van der Waals surface area contributed by atoms with Crippen LogP contribution in [0.25, 0.3) is 0 Å². The van der Waals surface area contributed by atoms with Gasteiger partial charge in [0.05, 0.1) is 5.41 Å². The third-order valence-corrected chi connectivity index (χ3v) is 4.49. The van der Waals surface area contributed by atoms with Gasteiger partial charge in [0, 0.05) is 39.4 Å². The first-order chi connectivity index (χ1) is 9.83. The summed E-state index contributed by atoms with van der Waals surface area (Å²) in [6, 6.07) is 10.2. The van der Waals surface area contributed by atoms with E-state index in [9.17, 15) is 4.79 Å². The smallest absolute Gasteiger partial charge is 0.233 e. The lowest BCUT2D eigenvalue weighted by Gasteiger charge is -2.41. The Balaban J connectivity index is 0.00000161. The maximum absolute atomic E-state index is 13.1. The summed E-state index contributed by atoms with van der Waals surface area (Å²) in [5.74, 6) is 0.286. The predicted octanol–water partition coefficient (Wildman–Crippen LogP) is 1.59. The van der Waals surface area contributed by atoms with Crippen molar-refractivity contribution >= 4 is 18.3 Å². The van der Waals surface area contributed by atoms with Gasteiger partial charge >= 0.3 is 0 Å². The number of amides is 1. The molecule has 2 fully saturated rings. The Morgan fingerprint density at radius 1 is 1.10 bits per heavy atom. The molecule has 1 aromatic carbocycles. The van der Waals surface area contributed by atoms with E-state index < -0.39 is 0 Å². The molecule has 0 unspecified atom stereocenters. The molecular weight excluding hydrogens is 288 g/mol. The van der Waals surface area contributed by atoms with E-state index in [1.54, 1.807) is 0 Å². The van der Waals surface area contributed by atoms with Crippen LogP contribution in [0.4, 0.5) is 0 Å². The second-order valence-electron chi connectivity index (χ2n) is 5.60. The van der Waals surface area contributed by atoms with Gasteiger partial charge in [-0.15, -0.1) is 12.4 Å². The van der Waals surface area contributed by atoms with Gasteiger partial charge in [-0.3, -0.25) is 4.79 Å². The zero-order valence-electron chi connectivity index (χ0n) is 12.2. The van der Waals surface area contributed by atoms with Crippen molar-refractivity contribution in [1.29, 1.82) is 0 Å². The average molecular weight is 311 g/mol. The minimum Gasteiger partial charge on any atom is -0.381 e. The summed E-state index contributed by atoms with van der Waals surface area (Å²) in [5.41, 5.74) is 0.767. The van der Waals surface area contributed by atoms with Crippen LogP contribution in [0.3, 0.4) is 0 Å². The molecule has 0 aromatic heterocycles. The summed E-state index contributed by atoms with van der Waals surface area (Å²) in [6.45, 7) is 4.77. The van der Waals surface area contributed by atoms with E-state index in [0.29, 0.717) is 13.2 Å². The molecule has 3 rings (SSSR count). The molecular formula is C16H23ClN2O2. The molecule has 2 aliphatic rings. The monoisotopic (exact) mass is 310 g/mol. The lowest BCUT2D eigenvalue weighted by atomic mass is 9.73. The lowest BCUT2D eigenvalue weighted by Crippen LogP contribution is -2.55. The van der Waals surface area contributed by atoms with Crippen LogP contribution in [0.5, 0.6) is 0 Å². The van der Waals surface area contributed by atoms with E-state index in [1.165, 1.54) is 0 Å². The van der Waals surface area contributed by atoms with Crippen molar-refractivity contribution in [3.63, 3.8) is 0 Å². The number of piperazine rings is 1. The van der Waals surface area contributed by atoms with Crippen molar-refractivity contribution in [2.45, 2.75) is 18.3 Å². The third-order valence-electron chi connectivity index (χ3n) is 4.49. The van der Waals surface area contributed by atoms with E-state index in [0.717, 1.165) is 44.6 Å². The Kier molecular flexibility index (Phi) is 5.62. The fraction of sp³-hybridized carbons (Fsp3) is 0.562. The molecule has 1 amide bonds. The van der Waals surface area contributed by atoms with E-state index in [2.05, 4.69) is 17.4 Å². The molecule has 0 saturated carbocycles. The molecule has 0 bridgehead atoms. The molecule has 21 heavy (non-hydrogen) atoms. The van der Waals surface area contributed by atoms with Gasteiger partial charge in [0.25, 0.3) is 0 Å². The van der Waals surface area contributed by atoms with Gasteiger partial charge in [-0.25, -0.2) is 0 Å². The molecule has 1 N–H and O–H groups in total. The third kappa shape index (κ3) is 3.23. The van der Waals surface area contributed by atoms with E-state index in [1.807, 2.05) is 23.1 Å².